The van der Waals surface area contributed by atoms with E-state index in [1.54, 1.807) is 11.7 Å². The van der Waals surface area contributed by atoms with Gasteiger partial charge in [0.2, 0.25) is 0 Å². The van der Waals surface area contributed by atoms with E-state index in [1.807, 2.05) is 6.92 Å². The van der Waals surface area contributed by atoms with E-state index in [-0.39, 0.29) is 5.56 Å². The Morgan fingerprint density at radius 2 is 2.31 bits per heavy atom. The van der Waals surface area contributed by atoms with Crippen molar-refractivity contribution in [1.82, 2.24) is 15.1 Å². The molecule has 72 valence electrons. The van der Waals surface area contributed by atoms with Crippen molar-refractivity contribution >= 4 is 0 Å². The summed E-state index contributed by atoms with van der Waals surface area (Å²) in [5.74, 6) is 0.407. The van der Waals surface area contributed by atoms with Crippen LogP contribution < -0.4 is 10.9 Å². The number of rotatable bonds is 1. The van der Waals surface area contributed by atoms with E-state index in [9.17, 15) is 4.79 Å². The molecule has 2 heterocycles. The molecule has 1 saturated heterocycles. The summed E-state index contributed by atoms with van der Waals surface area (Å²) in [6.45, 7) is 3.93. The van der Waals surface area contributed by atoms with Crippen LogP contribution in [0, 0.1) is 6.92 Å². The lowest BCUT2D eigenvalue weighted by Crippen LogP contribution is -2.19. The Hall–Kier alpha value is -1.03. The third kappa shape index (κ3) is 1.31. The molecule has 2 N–H and O–H groups in total. The van der Waals surface area contributed by atoms with E-state index in [0.29, 0.717) is 5.92 Å². The van der Waals surface area contributed by atoms with Gasteiger partial charge in [-0.1, -0.05) is 0 Å². The lowest BCUT2D eigenvalue weighted by Gasteiger charge is -2.04. The molecule has 1 aromatic heterocycles. The Kier molecular flexibility index (Phi) is 2.00. The van der Waals surface area contributed by atoms with Crippen LogP contribution in [0.2, 0.25) is 0 Å². The molecule has 4 heteroatoms. The van der Waals surface area contributed by atoms with E-state index in [0.717, 1.165) is 30.8 Å². The molecule has 0 spiro atoms. The first-order valence-electron chi connectivity index (χ1n) is 4.66. The smallest absolute Gasteiger partial charge is 0.269 e. The molecule has 0 aromatic carbocycles. The first-order valence-corrected chi connectivity index (χ1v) is 4.66. The van der Waals surface area contributed by atoms with Gasteiger partial charge in [0.05, 0.1) is 0 Å². The van der Waals surface area contributed by atoms with Crippen molar-refractivity contribution in [2.75, 3.05) is 13.1 Å². The number of nitrogens with one attached hydrogen (secondary N) is 2. The fourth-order valence-corrected chi connectivity index (χ4v) is 2.09. The van der Waals surface area contributed by atoms with E-state index in [1.165, 1.54) is 0 Å². The molecule has 1 atom stereocenters. The third-order valence-corrected chi connectivity index (χ3v) is 2.74. The van der Waals surface area contributed by atoms with Gasteiger partial charge in [-0.05, 0) is 19.9 Å². The molecule has 2 rings (SSSR count). The van der Waals surface area contributed by atoms with Gasteiger partial charge >= 0.3 is 0 Å². The Morgan fingerprint density at radius 1 is 1.54 bits per heavy atom. The third-order valence-electron chi connectivity index (χ3n) is 2.74. The fraction of sp³-hybridized carbons (Fsp3) is 0.667. The number of H-pyrrole nitrogens is 1. The second kappa shape index (κ2) is 3.03. The highest BCUT2D eigenvalue weighted by molar-refractivity contribution is 5.22. The standard InChI is InChI=1S/C9H15N3O/c1-6-8(7-3-4-10-5-7)9(13)12(2)11-6/h7,10-11H,3-5H2,1-2H3. The summed E-state index contributed by atoms with van der Waals surface area (Å²) in [6.07, 6.45) is 1.08. The normalized spacial score (nSPS) is 22.5. The van der Waals surface area contributed by atoms with Crippen LogP contribution in [-0.2, 0) is 7.05 Å². The van der Waals surface area contributed by atoms with Crippen molar-refractivity contribution in [3.05, 3.63) is 21.6 Å². The molecule has 1 fully saturated rings. The van der Waals surface area contributed by atoms with Crippen molar-refractivity contribution in [3.63, 3.8) is 0 Å². The summed E-state index contributed by atoms with van der Waals surface area (Å²) in [4.78, 5) is 11.7. The van der Waals surface area contributed by atoms with Gasteiger partial charge in [-0.25, -0.2) is 0 Å². The molecule has 4 nitrogen and oxygen atoms in total. The summed E-state index contributed by atoms with van der Waals surface area (Å²) >= 11 is 0. The van der Waals surface area contributed by atoms with E-state index in [2.05, 4.69) is 10.4 Å². The maximum Gasteiger partial charge on any atom is 0.269 e. The van der Waals surface area contributed by atoms with Gasteiger partial charge in [-0.15, -0.1) is 0 Å². The Balaban J connectivity index is 2.43. The molecule has 0 aliphatic carbocycles. The van der Waals surface area contributed by atoms with Crippen LogP contribution in [0.3, 0.4) is 0 Å². The molecule has 13 heavy (non-hydrogen) atoms. The summed E-state index contributed by atoms with van der Waals surface area (Å²) in [5, 5.41) is 6.30. The van der Waals surface area contributed by atoms with Gasteiger partial charge in [0.15, 0.2) is 0 Å². The first-order chi connectivity index (χ1) is 6.20. The lowest BCUT2D eigenvalue weighted by molar-refractivity contribution is 0.719. The molecular formula is C9H15N3O. The highest BCUT2D eigenvalue weighted by Gasteiger charge is 2.23. The van der Waals surface area contributed by atoms with Gasteiger partial charge < -0.3 is 5.32 Å². The second-order valence-electron chi connectivity index (χ2n) is 3.70. The van der Waals surface area contributed by atoms with Crippen molar-refractivity contribution in [3.8, 4) is 0 Å². The monoisotopic (exact) mass is 181 g/mol. The van der Waals surface area contributed by atoms with Crippen LogP contribution in [0.5, 0.6) is 0 Å². The van der Waals surface area contributed by atoms with Crippen LogP contribution in [0.4, 0.5) is 0 Å². The minimum atomic E-state index is 0.131. The largest absolute Gasteiger partial charge is 0.316 e. The summed E-state index contributed by atoms with van der Waals surface area (Å²) in [7, 11) is 1.77. The Morgan fingerprint density at radius 3 is 2.77 bits per heavy atom. The van der Waals surface area contributed by atoms with Gasteiger partial charge in [0, 0.05) is 30.8 Å². The molecule has 0 bridgehead atoms. The summed E-state index contributed by atoms with van der Waals surface area (Å²) in [6, 6.07) is 0. The number of aromatic nitrogens is 2. The van der Waals surface area contributed by atoms with Crippen LogP contribution in [0.1, 0.15) is 23.6 Å². The van der Waals surface area contributed by atoms with E-state index in [4.69, 9.17) is 0 Å². The van der Waals surface area contributed by atoms with Crippen LogP contribution >= 0.6 is 0 Å². The molecule has 0 amide bonds. The first kappa shape index (κ1) is 8.56. The number of aryl methyl sites for hydroxylation is 2. The topological polar surface area (TPSA) is 49.8 Å². The lowest BCUT2D eigenvalue weighted by atomic mass is 9.99. The molecule has 1 aliphatic heterocycles. The van der Waals surface area contributed by atoms with Gasteiger partial charge in [0.25, 0.3) is 5.56 Å². The van der Waals surface area contributed by atoms with Crippen molar-refractivity contribution in [2.24, 2.45) is 7.05 Å². The van der Waals surface area contributed by atoms with E-state index >= 15 is 0 Å². The van der Waals surface area contributed by atoms with Gasteiger partial charge in [0.1, 0.15) is 0 Å². The SMILES string of the molecule is Cc1[nH]n(C)c(=O)c1C1CCNC1. The number of hydrogen-bond donors (Lipinski definition) is 2. The Labute approximate surface area is 76.9 Å². The zero-order valence-electron chi connectivity index (χ0n) is 8.05. The number of nitrogens with zero attached hydrogens (tertiary/aromatic N) is 1. The fourth-order valence-electron chi connectivity index (χ4n) is 2.09. The highest BCUT2D eigenvalue weighted by Crippen LogP contribution is 2.20. The molecule has 1 aromatic rings. The molecular weight excluding hydrogens is 166 g/mol. The summed E-state index contributed by atoms with van der Waals surface area (Å²) in [5.41, 5.74) is 2.11. The van der Waals surface area contributed by atoms with Crippen LogP contribution in [-0.4, -0.2) is 22.9 Å². The average molecular weight is 181 g/mol. The molecule has 0 radical (unpaired) electrons. The molecule has 1 aliphatic rings. The quantitative estimate of drug-likeness (QED) is 0.645. The van der Waals surface area contributed by atoms with Gasteiger partial charge in [-0.3, -0.25) is 14.6 Å². The van der Waals surface area contributed by atoms with Crippen LogP contribution in [0.15, 0.2) is 4.79 Å². The Bertz CT molecular complexity index is 357. The minimum absolute atomic E-state index is 0.131. The predicted octanol–water partition coefficient (Wildman–Crippen LogP) is 0.0987. The number of hydrogen-bond acceptors (Lipinski definition) is 2. The average Bonchev–Trinajstić information content (AvgIpc) is 2.63. The predicted molar refractivity (Wildman–Crippen MR) is 51.0 cm³/mol. The zero-order valence-corrected chi connectivity index (χ0v) is 8.05. The maximum absolute atomic E-state index is 11.7. The maximum atomic E-state index is 11.7. The van der Waals surface area contributed by atoms with E-state index < -0.39 is 0 Å². The van der Waals surface area contributed by atoms with Crippen molar-refractivity contribution in [1.29, 1.82) is 0 Å². The van der Waals surface area contributed by atoms with Crippen molar-refractivity contribution < 1.29 is 0 Å². The van der Waals surface area contributed by atoms with Gasteiger partial charge in [-0.2, -0.15) is 0 Å². The highest BCUT2D eigenvalue weighted by atomic mass is 16.1. The summed E-state index contributed by atoms with van der Waals surface area (Å²) < 4.78 is 1.56. The second-order valence-corrected chi connectivity index (χ2v) is 3.70. The molecule has 1 unspecified atom stereocenters. The van der Waals surface area contributed by atoms with Crippen molar-refractivity contribution in [2.45, 2.75) is 19.3 Å². The molecule has 0 saturated carbocycles. The minimum Gasteiger partial charge on any atom is -0.316 e. The number of aromatic amines is 1. The zero-order chi connectivity index (χ0) is 9.42. The van der Waals surface area contributed by atoms with Crippen LogP contribution in [0.25, 0.3) is 0 Å².